The summed E-state index contributed by atoms with van der Waals surface area (Å²) in [5, 5.41) is 3.52. The third-order valence-electron chi connectivity index (χ3n) is 9.48. The summed E-state index contributed by atoms with van der Waals surface area (Å²) in [7, 11) is 0. The fraction of sp³-hybridized carbons (Fsp3) is 0. The second kappa shape index (κ2) is 12.8. The fourth-order valence-electron chi connectivity index (χ4n) is 7.00. The lowest BCUT2D eigenvalue weighted by Gasteiger charge is -2.16. The Kier molecular flexibility index (Phi) is 7.53. The van der Waals surface area contributed by atoms with Crippen molar-refractivity contribution in [1.82, 2.24) is 9.97 Å². The van der Waals surface area contributed by atoms with Crippen molar-refractivity contribution in [2.45, 2.75) is 0 Å². The number of benzene rings is 7. The van der Waals surface area contributed by atoms with Crippen molar-refractivity contribution in [1.29, 1.82) is 0 Å². The number of fused-ring (bicyclic) bond motifs is 3. The predicted molar refractivity (Wildman–Crippen MR) is 210 cm³/mol. The van der Waals surface area contributed by atoms with Crippen molar-refractivity contribution >= 4 is 21.7 Å². The van der Waals surface area contributed by atoms with Crippen molar-refractivity contribution in [2.75, 3.05) is 0 Å². The van der Waals surface area contributed by atoms with E-state index >= 15 is 0 Å². The van der Waals surface area contributed by atoms with Crippen LogP contribution in [0.4, 0.5) is 0 Å². The average Bonchev–Trinajstić information content (AvgIpc) is 3.21. The molecular weight excluding hydrogens is 605 g/mol. The van der Waals surface area contributed by atoms with E-state index in [1.807, 2.05) is 12.1 Å². The minimum absolute atomic E-state index is 0.943. The van der Waals surface area contributed by atoms with Crippen molar-refractivity contribution in [3.8, 4) is 67.2 Å². The van der Waals surface area contributed by atoms with Gasteiger partial charge >= 0.3 is 0 Å². The molecule has 0 N–H and O–H groups in total. The molecule has 0 aliphatic carbocycles. The van der Waals surface area contributed by atoms with Crippen LogP contribution in [-0.4, -0.2) is 9.97 Å². The summed E-state index contributed by atoms with van der Waals surface area (Å²) in [5.74, 6) is 0. The van der Waals surface area contributed by atoms with Gasteiger partial charge in [-0.2, -0.15) is 0 Å². The van der Waals surface area contributed by atoms with Gasteiger partial charge in [0.2, 0.25) is 0 Å². The van der Waals surface area contributed by atoms with E-state index in [4.69, 9.17) is 9.97 Å². The van der Waals surface area contributed by atoms with Crippen molar-refractivity contribution in [2.24, 2.45) is 0 Å². The van der Waals surface area contributed by atoms with Gasteiger partial charge in [0.05, 0.1) is 22.6 Å². The topological polar surface area (TPSA) is 25.8 Å². The van der Waals surface area contributed by atoms with Gasteiger partial charge < -0.3 is 0 Å². The summed E-state index contributed by atoms with van der Waals surface area (Å²) in [6.45, 7) is 0. The predicted octanol–water partition coefficient (Wildman–Crippen LogP) is 12.8. The molecule has 0 saturated carbocycles. The molecule has 234 valence electrons. The molecule has 0 fully saturated rings. The van der Waals surface area contributed by atoms with E-state index in [9.17, 15) is 0 Å². The molecule has 2 nitrogen and oxygen atoms in total. The van der Waals surface area contributed by atoms with Gasteiger partial charge in [-0.1, -0.05) is 170 Å². The maximum atomic E-state index is 5.21. The van der Waals surface area contributed by atoms with Gasteiger partial charge in [0.15, 0.2) is 0 Å². The zero-order chi connectivity index (χ0) is 33.3. The first kappa shape index (κ1) is 29.5. The molecule has 0 aliphatic rings. The van der Waals surface area contributed by atoms with E-state index < -0.39 is 0 Å². The van der Waals surface area contributed by atoms with E-state index in [1.165, 1.54) is 33.0 Å². The number of rotatable bonds is 6. The smallest absolute Gasteiger partial charge is 0.0722 e. The van der Waals surface area contributed by atoms with Crippen LogP contribution in [0.15, 0.2) is 194 Å². The summed E-state index contributed by atoms with van der Waals surface area (Å²) >= 11 is 0. The normalized spacial score (nSPS) is 11.2. The molecule has 0 saturated heterocycles. The van der Waals surface area contributed by atoms with Crippen LogP contribution < -0.4 is 0 Å². The summed E-state index contributed by atoms with van der Waals surface area (Å²) < 4.78 is 0. The molecule has 0 amide bonds. The third-order valence-corrected chi connectivity index (χ3v) is 9.48. The molecule has 0 unspecified atom stereocenters. The van der Waals surface area contributed by atoms with Gasteiger partial charge in [-0.15, -0.1) is 0 Å². The van der Waals surface area contributed by atoms with Gasteiger partial charge in [0.25, 0.3) is 0 Å². The van der Waals surface area contributed by atoms with E-state index in [-0.39, 0.29) is 0 Å². The van der Waals surface area contributed by atoms with Crippen LogP contribution in [0.25, 0.3) is 88.8 Å². The Hall–Kier alpha value is -6.64. The Morgan fingerprint density at radius 2 is 0.740 bits per heavy atom. The molecule has 2 heteroatoms. The molecule has 7 aromatic carbocycles. The van der Waals surface area contributed by atoms with E-state index in [1.54, 1.807) is 0 Å². The summed E-state index contributed by atoms with van der Waals surface area (Å²) in [6.07, 6.45) is 0. The van der Waals surface area contributed by atoms with Crippen LogP contribution in [0.1, 0.15) is 0 Å². The number of hydrogen-bond acceptors (Lipinski definition) is 2. The lowest BCUT2D eigenvalue weighted by atomic mass is 9.91. The van der Waals surface area contributed by atoms with Crippen molar-refractivity contribution in [3.63, 3.8) is 0 Å². The highest BCUT2D eigenvalue weighted by Gasteiger charge is 2.16. The first-order valence-corrected chi connectivity index (χ1v) is 17.0. The monoisotopic (exact) mass is 636 g/mol. The van der Waals surface area contributed by atoms with Crippen LogP contribution in [0, 0.1) is 0 Å². The molecule has 50 heavy (non-hydrogen) atoms. The first-order chi connectivity index (χ1) is 24.8. The molecule has 9 aromatic rings. The molecular formula is C48H32N2. The summed E-state index contributed by atoms with van der Waals surface area (Å²) in [6, 6.07) is 68.6. The highest BCUT2D eigenvalue weighted by molar-refractivity contribution is 6.17. The molecule has 0 aliphatic heterocycles. The second-order valence-electron chi connectivity index (χ2n) is 12.6. The third kappa shape index (κ3) is 5.53. The second-order valence-corrected chi connectivity index (χ2v) is 12.6. The Labute approximate surface area is 292 Å². The molecule has 0 bridgehead atoms. The van der Waals surface area contributed by atoms with Crippen LogP contribution >= 0.6 is 0 Å². The number of aromatic nitrogens is 2. The molecule has 2 heterocycles. The Bertz CT molecular complexity index is 2600. The standard InChI is InChI=1S/C48H32N2/c1-5-14-33(15-6-1)34-24-26-38(27-25-34)46-31-39(30-45(50-46)36-18-9-3-10-19-36)40-22-13-23-42-41(40)28-29-44-48(42)43(35-16-7-2-8-17-35)32-47(49-44)37-20-11-4-12-21-37/h1-32H. The lowest BCUT2D eigenvalue weighted by Crippen LogP contribution is -1.94. The summed E-state index contributed by atoms with van der Waals surface area (Å²) in [5.41, 5.74) is 14.1. The largest absolute Gasteiger partial charge is 0.248 e. The van der Waals surface area contributed by atoms with Crippen LogP contribution in [-0.2, 0) is 0 Å². The van der Waals surface area contributed by atoms with Gasteiger partial charge in [0.1, 0.15) is 0 Å². The molecule has 0 spiro atoms. The zero-order valence-electron chi connectivity index (χ0n) is 27.4. The molecule has 2 aromatic heterocycles. The summed E-state index contributed by atoms with van der Waals surface area (Å²) in [4.78, 5) is 10.4. The Morgan fingerprint density at radius 3 is 1.34 bits per heavy atom. The van der Waals surface area contributed by atoms with Crippen molar-refractivity contribution < 1.29 is 0 Å². The SMILES string of the molecule is c1ccc(-c2ccc(-c3cc(-c4cccc5c4ccc4nc(-c6ccccc6)cc(-c6ccccc6)c45)cc(-c4ccccc4)n3)cc2)cc1. The quantitative estimate of drug-likeness (QED) is 0.170. The Morgan fingerprint density at radius 1 is 0.260 bits per heavy atom. The van der Waals surface area contributed by atoms with E-state index in [2.05, 4.69) is 182 Å². The number of nitrogens with zero attached hydrogens (tertiary/aromatic N) is 2. The van der Waals surface area contributed by atoms with Crippen molar-refractivity contribution in [3.05, 3.63) is 194 Å². The maximum absolute atomic E-state index is 5.21. The molecule has 9 rings (SSSR count). The lowest BCUT2D eigenvalue weighted by molar-refractivity contribution is 1.32. The van der Waals surface area contributed by atoms with Gasteiger partial charge in [-0.05, 0) is 68.4 Å². The van der Waals surface area contributed by atoms with Crippen LogP contribution in [0.3, 0.4) is 0 Å². The minimum Gasteiger partial charge on any atom is -0.248 e. The highest BCUT2D eigenvalue weighted by Crippen LogP contribution is 2.40. The van der Waals surface area contributed by atoms with Crippen LogP contribution in [0.2, 0.25) is 0 Å². The highest BCUT2D eigenvalue weighted by atomic mass is 14.7. The maximum Gasteiger partial charge on any atom is 0.0722 e. The first-order valence-electron chi connectivity index (χ1n) is 17.0. The average molecular weight is 637 g/mol. The number of pyridine rings is 2. The van der Waals surface area contributed by atoms with E-state index in [0.717, 1.165) is 55.8 Å². The molecule has 0 radical (unpaired) electrons. The van der Waals surface area contributed by atoms with Gasteiger partial charge in [-0.25, -0.2) is 9.97 Å². The fourth-order valence-corrected chi connectivity index (χ4v) is 7.00. The van der Waals surface area contributed by atoms with Gasteiger partial charge in [-0.3, -0.25) is 0 Å². The van der Waals surface area contributed by atoms with Gasteiger partial charge in [0, 0.05) is 22.1 Å². The number of hydrogen-bond donors (Lipinski definition) is 0. The molecule has 0 atom stereocenters. The minimum atomic E-state index is 0.943. The van der Waals surface area contributed by atoms with E-state index in [0.29, 0.717) is 0 Å². The zero-order valence-corrected chi connectivity index (χ0v) is 27.4. The Balaban J connectivity index is 1.25. The van der Waals surface area contributed by atoms with Crippen LogP contribution in [0.5, 0.6) is 0 Å².